The van der Waals surface area contributed by atoms with Crippen molar-refractivity contribution >= 4 is 22.6 Å². The Kier molecular flexibility index (Phi) is 6.97. The van der Waals surface area contributed by atoms with Crippen molar-refractivity contribution in [2.75, 3.05) is 6.61 Å². The first-order chi connectivity index (χ1) is 16.8. The van der Waals surface area contributed by atoms with Crippen LogP contribution < -0.4 is 4.74 Å². The van der Waals surface area contributed by atoms with Crippen LogP contribution in [0.2, 0.25) is 0 Å². The van der Waals surface area contributed by atoms with Crippen LogP contribution in [0.15, 0.2) is 84.0 Å². The summed E-state index contributed by atoms with van der Waals surface area (Å²) >= 11 is 0. The highest BCUT2D eigenvalue weighted by Crippen LogP contribution is 2.28. The van der Waals surface area contributed by atoms with Crippen LogP contribution >= 0.6 is 0 Å². The van der Waals surface area contributed by atoms with E-state index in [-0.39, 0.29) is 5.41 Å². The maximum atomic E-state index is 13.2. The summed E-state index contributed by atoms with van der Waals surface area (Å²) in [6, 6.07) is 25.1. The molecule has 0 saturated heterocycles. The lowest BCUT2D eigenvalue weighted by molar-refractivity contribution is 0.0518. The average Bonchev–Trinajstić information content (AvgIpc) is 2.86. The third-order valence-electron chi connectivity index (χ3n) is 5.81. The Bertz CT molecular complexity index is 1380. The van der Waals surface area contributed by atoms with Gasteiger partial charge >= 0.3 is 5.97 Å². The van der Waals surface area contributed by atoms with Crippen LogP contribution in [-0.2, 0) is 10.3 Å². The summed E-state index contributed by atoms with van der Waals surface area (Å²) in [6.45, 7) is 10.9. The van der Waals surface area contributed by atoms with Crippen molar-refractivity contribution < 1.29 is 14.4 Å². The number of aromatic nitrogens is 1. The van der Waals surface area contributed by atoms with E-state index in [2.05, 4.69) is 38.1 Å². The highest BCUT2D eigenvalue weighted by Gasteiger charge is 2.17. The summed E-state index contributed by atoms with van der Waals surface area (Å²) in [6.07, 6.45) is 0. The molecule has 0 radical (unpaired) electrons. The molecule has 1 heterocycles. The maximum Gasteiger partial charge on any atom is 0.366 e. The van der Waals surface area contributed by atoms with Crippen LogP contribution in [0.3, 0.4) is 0 Å². The van der Waals surface area contributed by atoms with Crippen LogP contribution in [0.5, 0.6) is 5.75 Å². The van der Waals surface area contributed by atoms with Crippen LogP contribution in [0.1, 0.15) is 56.1 Å². The fourth-order valence-electron chi connectivity index (χ4n) is 3.83. The molecular weight excluding hydrogens is 436 g/mol. The molecule has 0 aliphatic heterocycles. The van der Waals surface area contributed by atoms with Crippen molar-refractivity contribution in [2.24, 2.45) is 5.16 Å². The monoisotopic (exact) mass is 466 g/mol. The van der Waals surface area contributed by atoms with Gasteiger partial charge in [0.2, 0.25) is 0 Å². The molecule has 5 nitrogen and oxygen atoms in total. The van der Waals surface area contributed by atoms with Crippen LogP contribution in [0.25, 0.3) is 22.2 Å². The summed E-state index contributed by atoms with van der Waals surface area (Å²) in [5, 5.41) is 4.85. The van der Waals surface area contributed by atoms with Gasteiger partial charge in [0.1, 0.15) is 5.75 Å². The van der Waals surface area contributed by atoms with E-state index in [1.54, 1.807) is 6.07 Å². The number of pyridine rings is 1. The Balaban J connectivity index is 1.64. The number of carbonyl (C=O) groups is 1. The fraction of sp³-hybridized carbons (Fsp3) is 0.233. The molecular formula is C30H30N2O3. The van der Waals surface area contributed by atoms with Crippen LogP contribution in [-0.4, -0.2) is 23.3 Å². The van der Waals surface area contributed by atoms with Gasteiger partial charge in [-0.15, -0.1) is 0 Å². The Labute approximate surface area is 206 Å². The largest absolute Gasteiger partial charge is 0.494 e. The van der Waals surface area contributed by atoms with Crippen LogP contribution in [0, 0.1) is 0 Å². The highest BCUT2D eigenvalue weighted by molar-refractivity contribution is 6.05. The number of nitrogens with zero attached hydrogens (tertiary/aromatic N) is 2. The van der Waals surface area contributed by atoms with E-state index >= 15 is 0 Å². The maximum absolute atomic E-state index is 13.2. The van der Waals surface area contributed by atoms with Gasteiger partial charge in [-0.05, 0) is 54.7 Å². The number of hydrogen-bond acceptors (Lipinski definition) is 5. The van der Waals surface area contributed by atoms with Gasteiger partial charge in [0.05, 0.1) is 29.1 Å². The van der Waals surface area contributed by atoms with Gasteiger partial charge in [0.15, 0.2) is 0 Å². The number of rotatable bonds is 6. The van der Waals surface area contributed by atoms with E-state index in [1.165, 1.54) is 5.56 Å². The van der Waals surface area contributed by atoms with E-state index in [0.29, 0.717) is 34.5 Å². The lowest BCUT2D eigenvalue weighted by Gasteiger charge is -2.19. The number of ether oxygens (including phenoxy) is 1. The molecule has 178 valence electrons. The Morgan fingerprint density at radius 2 is 1.69 bits per heavy atom. The first-order valence-corrected chi connectivity index (χ1v) is 11.8. The van der Waals surface area contributed by atoms with Crippen molar-refractivity contribution in [2.45, 2.75) is 40.0 Å². The van der Waals surface area contributed by atoms with Gasteiger partial charge in [0.25, 0.3) is 0 Å². The average molecular weight is 467 g/mol. The zero-order valence-corrected chi connectivity index (χ0v) is 20.8. The van der Waals surface area contributed by atoms with Crippen molar-refractivity contribution in [1.82, 2.24) is 4.98 Å². The second-order valence-corrected chi connectivity index (χ2v) is 9.42. The molecule has 0 aliphatic rings. The molecule has 0 bridgehead atoms. The van der Waals surface area contributed by atoms with E-state index in [0.717, 1.165) is 16.9 Å². The van der Waals surface area contributed by atoms with E-state index in [4.69, 9.17) is 14.6 Å². The number of hydrogen-bond donors (Lipinski definition) is 0. The number of para-hydroxylation sites is 1. The molecule has 1 aromatic heterocycles. The van der Waals surface area contributed by atoms with E-state index in [9.17, 15) is 4.79 Å². The summed E-state index contributed by atoms with van der Waals surface area (Å²) in [5.41, 5.74) is 5.46. The third-order valence-corrected chi connectivity index (χ3v) is 5.81. The standard InChI is InChI=1S/C30H30N2O3/c1-6-34-24-11-9-10-22(18-24)28-19-26(25-12-7-8-13-27(25)31-28)29(33)35-32-20(2)21-14-16-23(17-15-21)30(3,4)5/h7-19H,6H2,1-5H3/b32-20-. The predicted octanol–water partition coefficient (Wildman–Crippen LogP) is 7.18. The van der Waals surface area contributed by atoms with Crippen molar-refractivity contribution in [3.8, 4) is 17.0 Å². The van der Waals surface area contributed by atoms with Gasteiger partial charge in [-0.3, -0.25) is 0 Å². The molecule has 0 N–H and O–H groups in total. The minimum Gasteiger partial charge on any atom is -0.494 e. The number of oxime groups is 1. The quantitative estimate of drug-likeness (QED) is 0.172. The molecule has 0 fully saturated rings. The second-order valence-electron chi connectivity index (χ2n) is 9.42. The highest BCUT2D eigenvalue weighted by atomic mass is 16.7. The van der Waals surface area contributed by atoms with Crippen molar-refractivity contribution in [1.29, 1.82) is 0 Å². The smallest absolute Gasteiger partial charge is 0.366 e. The minimum absolute atomic E-state index is 0.0678. The Morgan fingerprint density at radius 1 is 0.943 bits per heavy atom. The van der Waals surface area contributed by atoms with Gasteiger partial charge in [-0.2, -0.15) is 0 Å². The molecule has 0 saturated carbocycles. The van der Waals surface area contributed by atoms with Gasteiger partial charge in [-0.25, -0.2) is 9.78 Å². The Hall–Kier alpha value is -3.99. The van der Waals surface area contributed by atoms with E-state index in [1.807, 2.05) is 74.5 Å². The summed E-state index contributed by atoms with van der Waals surface area (Å²) in [5.74, 6) is 0.221. The normalized spacial score (nSPS) is 12.0. The number of carbonyl (C=O) groups excluding carboxylic acids is 1. The number of fused-ring (bicyclic) bond motifs is 1. The molecule has 0 aliphatic carbocycles. The van der Waals surface area contributed by atoms with E-state index < -0.39 is 5.97 Å². The molecule has 0 atom stereocenters. The summed E-state index contributed by atoms with van der Waals surface area (Å²) in [4.78, 5) is 23.3. The molecule has 0 amide bonds. The summed E-state index contributed by atoms with van der Waals surface area (Å²) in [7, 11) is 0. The van der Waals surface area contributed by atoms with Gasteiger partial charge in [-0.1, -0.05) is 80.5 Å². The Morgan fingerprint density at radius 3 is 2.40 bits per heavy atom. The second kappa shape index (κ2) is 10.1. The van der Waals surface area contributed by atoms with Crippen LogP contribution in [0.4, 0.5) is 0 Å². The van der Waals surface area contributed by atoms with Gasteiger partial charge in [0, 0.05) is 10.9 Å². The predicted molar refractivity (Wildman–Crippen MR) is 141 cm³/mol. The minimum atomic E-state index is -0.531. The molecule has 4 aromatic rings. The van der Waals surface area contributed by atoms with Crippen molar-refractivity contribution in [3.05, 3.63) is 95.6 Å². The molecule has 4 rings (SSSR count). The molecule has 35 heavy (non-hydrogen) atoms. The SMILES string of the molecule is CCOc1cccc(-c2cc(C(=O)O/N=C(/C)c3ccc(C(C)(C)C)cc3)c3ccccc3n2)c1. The topological polar surface area (TPSA) is 60.8 Å². The molecule has 3 aromatic carbocycles. The zero-order chi connectivity index (χ0) is 25.0. The summed E-state index contributed by atoms with van der Waals surface area (Å²) < 4.78 is 5.63. The number of benzene rings is 3. The lowest BCUT2D eigenvalue weighted by Crippen LogP contribution is -2.11. The molecule has 5 heteroatoms. The lowest BCUT2D eigenvalue weighted by atomic mass is 9.86. The zero-order valence-electron chi connectivity index (χ0n) is 20.8. The molecule has 0 spiro atoms. The van der Waals surface area contributed by atoms with Crippen molar-refractivity contribution in [3.63, 3.8) is 0 Å². The third kappa shape index (κ3) is 5.57. The molecule has 0 unspecified atom stereocenters. The van der Waals surface area contributed by atoms with Gasteiger partial charge < -0.3 is 9.57 Å². The first kappa shape index (κ1) is 24.1. The first-order valence-electron chi connectivity index (χ1n) is 11.8. The fourth-order valence-corrected chi connectivity index (χ4v) is 3.83.